The van der Waals surface area contributed by atoms with Gasteiger partial charge < -0.3 is 19.2 Å². The first kappa shape index (κ1) is 17.5. The Morgan fingerprint density at radius 2 is 1.92 bits per heavy atom. The fourth-order valence-electron chi connectivity index (χ4n) is 2.50. The Morgan fingerprint density at radius 3 is 2.65 bits per heavy atom. The van der Waals surface area contributed by atoms with Gasteiger partial charge in [0.15, 0.2) is 11.7 Å². The molecule has 6 heteroatoms. The predicted octanol–water partition coefficient (Wildman–Crippen LogP) is 3.93. The van der Waals surface area contributed by atoms with Crippen LogP contribution >= 0.6 is 0 Å². The van der Waals surface area contributed by atoms with Crippen LogP contribution in [-0.2, 0) is 11.2 Å². The van der Waals surface area contributed by atoms with Crippen molar-refractivity contribution in [1.29, 1.82) is 0 Å². The van der Waals surface area contributed by atoms with Gasteiger partial charge in [-0.1, -0.05) is 30.3 Å². The number of aryl methyl sites for hydroxylation is 1. The number of aromatic nitrogens is 1. The molecule has 1 aromatic heterocycles. The van der Waals surface area contributed by atoms with E-state index in [1.54, 1.807) is 38.6 Å². The van der Waals surface area contributed by atoms with E-state index >= 15 is 0 Å². The first-order valence-corrected chi connectivity index (χ1v) is 8.21. The molecular weight excluding hydrogens is 332 g/mol. The van der Waals surface area contributed by atoms with E-state index in [1.807, 2.05) is 30.3 Å². The zero-order valence-electron chi connectivity index (χ0n) is 14.7. The molecule has 134 valence electrons. The third-order valence-corrected chi connectivity index (χ3v) is 3.86. The molecule has 0 atom stereocenters. The number of ether oxygens (including phenoxy) is 2. The molecule has 26 heavy (non-hydrogen) atoms. The Kier molecular flexibility index (Phi) is 5.53. The van der Waals surface area contributed by atoms with Crippen LogP contribution in [-0.4, -0.2) is 25.1 Å². The Morgan fingerprint density at radius 1 is 1.12 bits per heavy atom. The summed E-state index contributed by atoms with van der Waals surface area (Å²) >= 11 is 0. The summed E-state index contributed by atoms with van der Waals surface area (Å²) < 4.78 is 16.1. The van der Waals surface area contributed by atoms with E-state index in [4.69, 9.17) is 13.9 Å². The number of oxazole rings is 1. The van der Waals surface area contributed by atoms with Crippen LogP contribution in [0.2, 0.25) is 0 Å². The Balaban J connectivity index is 1.59. The predicted molar refractivity (Wildman–Crippen MR) is 98.4 cm³/mol. The molecule has 3 rings (SSSR count). The summed E-state index contributed by atoms with van der Waals surface area (Å²) in [6.45, 7) is 0. The van der Waals surface area contributed by atoms with Crippen molar-refractivity contribution in [3.8, 4) is 22.8 Å². The molecule has 2 aromatic carbocycles. The van der Waals surface area contributed by atoms with Crippen molar-refractivity contribution in [1.82, 2.24) is 4.98 Å². The minimum Gasteiger partial charge on any atom is -0.497 e. The minimum atomic E-state index is -0.145. The third-order valence-electron chi connectivity index (χ3n) is 3.86. The summed E-state index contributed by atoms with van der Waals surface area (Å²) in [5.74, 6) is 2.28. The summed E-state index contributed by atoms with van der Waals surface area (Å²) in [7, 11) is 3.12. The molecule has 0 unspecified atom stereocenters. The molecule has 0 spiro atoms. The molecular formula is C20H20N2O4. The highest BCUT2D eigenvalue weighted by Gasteiger charge is 2.11. The summed E-state index contributed by atoms with van der Waals surface area (Å²) in [6.07, 6.45) is 2.34. The summed E-state index contributed by atoms with van der Waals surface area (Å²) in [5, 5.41) is 2.83. The van der Waals surface area contributed by atoms with Crippen molar-refractivity contribution in [3.63, 3.8) is 0 Å². The lowest BCUT2D eigenvalue weighted by atomic mass is 10.2. The lowest BCUT2D eigenvalue weighted by Crippen LogP contribution is -2.13. The van der Waals surface area contributed by atoms with Crippen LogP contribution in [0.4, 0.5) is 5.69 Å². The molecule has 0 radical (unpaired) electrons. The monoisotopic (exact) mass is 352 g/mol. The number of nitrogens with one attached hydrogen (secondary N) is 1. The Bertz CT molecular complexity index is 875. The van der Waals surface area contributed by atoms with Crippen LogP contribution < -0.4 is 14.8 Å². The van der Waals surface area contributed by atoms with E-state index in [2.05, 4.69) is 10.3 Å². The SMILES string of the molecule is COc1ccc(NC(=O)CCc2ncc(-c3ccccc3)o2)c(OC)c1. The number of benzene rings is 2. The van der Waals surface area contributed by atoms with Crippen LogP contribution in [0.15, 0.2) is 59.1 Å². The molecule has 0 aliphatic heterocycles. The zero-order chi connectivity index (χ0) is 18.4. The highest BCUT2D eigenvalue weighted by atomic mass is 16.5. The lowest BCUT2D eigenvalue weighted by molar-refractivity contribution is -0.116. The van der Waals surface area contributed by atoms with Crippen molar-refractivity contribution in [2.24, 2.45) is 0 Å². The van der Waals surface area contributed by atoms with Gasteiger partial charge in [0, 0.05) is 24.5 Å². The standard InChI is InChI=1S/C20H20N2O4/c1-24-15-8-9-16(17(12-15)25-2)22-19(23)10-11-20-21-13-18(26-20)14-6-4-3-5-7-14/h3-9,12-13H,10-11H2,1-2H3,(H,22,23). The number of anilines is 1. The molecule has 0 fully saturated rings. The molecule has 1 heterocycles. The maximum absolute atomic E-state index is 12.2. The van der Waals surface area contributed by atoms with Gasteiger partial charge in [0.25, 0.3) is 0 Å². The van der Waals surface area contributed by atoms with Gasteiger partial charge in [-0.3, -0.25) is 4.79 Å². The number of methoxy groups -OCH3 is 2. The highest BCUT2D eigenvalue weighted by molar-refractivity contribution is 5.92. The number of nitrogens with zero attached hydrogens (tertiary/aromatic N) is 1. The summed E-state index contributed by atoms with van der Waals surface area (Å²) in [6, 6.07) is 14.9. The van der Waals surface area contributed by atoms with Crippen molar-refractivity contribution in [3.05, 3.63) is 60.6 Å². The van der Waals surface area contributed by atoms with E-state index in [9.17, 15) is 4.79 Å². The molecule has 0 aliphatic carbocycles. The van der Waals surface area contributed by atoms with Crippen LogP contribution in [0.5, 0.6) is 11.5 Å². The van der Waals surface area contributed by atoms with Crippen molar-refractivity contribution in [2.45, 2.75) is 12.8 Å². The Hall–Kier alpha value is -3.28. The molecule has 0 saturated carbocycles. The summed E-state index contributed by atoms with van der Waals surface area (Å²) in [4.78, 5) is 16.5. The molecule has 0 saturated heterocycles. The van der Waals surface area contributed by atoms with Crippen molar-refractivity contribution in [2.75, 3.05) is 19.5 Å². The second-order valence-corrected chi connectivity index (χ2v) is 5.60. The van der Waals surface area contributed by atoms with Gasteiger partial charge in [-0.15, -0.1) is 0 Å². The molecule has 0 aliphatic rings. The molecule has 1 amide bonds. The Labute approximate surface area is 151 Å². The normalized spacial score (nSPS) is 10.4. The van der Waals surface area contributed by atoms with Crippen LogP contribution in [0.25, 0.3) is 11.3 Å². The first-order chi connectivity index (χ1) is 12.7. The number of rotatable bonds is 7. The second-order valence-electron chi connectivity index (χ2n) is 5.60. The molecule has 1 N–H and O–H groups in total. The topological polar surface area (TPSA) is 73.6 Å². The largest absolute Gasteiger partial charge is 0.497 e. The number of carbonyl (C=O) groups excluding carboxylic acids is 1. The van der Waals surface area contributed by atoms with E-state index in [1.165, 1.54) is 0 Å². The van der Waals surface area contributed by atoms with E-state index < -0.39 is 0 Å². The van der Waals surface area contributed by atoms with E-state index in [0.29, 0.717) is 35.3 Å². The minimum absolute atomic E-state index is 0.145. The van der Waals surface area contributed by atoms with Crippen molar-refractivity contribution < 1.29 is 18.7 Å². The molecule has 3 aromatic rings. The average Bonchev–Trinajstić information content (AvgIpc) is 3.16. The summed E-state index contributed by atoms with van der Waals surface area (Å²) in [5.41, 5.74) is 1.55. The number of hydrogen-bond donors (Lipinski definition) is 1. The van der Waals surface area contributed by atoms with Crippen LogP contribution in [0, 0.1) is 0 Å². The van der Waals surface area contributed by atoms with E-state index in [0.717, 1.165) is 5.56 Å². The smallest absolute Gasteiger partial charge is 0.224 e. The lowest BCUT2D eigenvalue weighted by Gasteiger charge is -2.11. The van der Waals surface area contributed by atoms with E-state index in [-0.39, 0.29) is 12.3 Å². The van der Waals surface area contributed by atoms with Gasteiger partial charge in [0.2, 0.25) is 5.91 Å². The van der Waals surface area contributed by atoms with Gasteiger partial charge in [-0.05, 0) is 12.1 Å². The number of hydrogen-bond acceptors (Lipinski definition) is 5. The van der Waals surface area contributed by atoms with Gasteiger partial charge >= 0.3 is 0 Å². The highest BCUT2D eigenvalue weighted by Crippen LogP contribution is 2.29. The van der Waals surface area contributed by atoms with Crippen molar-refractivity contribution >= 4 is 11.6 Å². The molecule has 6 nitrogen and oxygen atoms in total. The maximum Gasteiger partial charge on any atom is 0.224 e. The zero-order valence-corrected chi connectivity index (χ0v) is 14.7. The fourth-order valence-corrected chi connectivity index (χ4v) is 2.50. The quantitative estimate of drug-likeness (QED) is 0.697. The fraction of sp³-hybridized carbons (Fsp3) is 0.200. The maximum atomic E-state index is 12.2. The van der Waals surface area contributed by atoms with Crippen LogP contribution in [0.1, 0.15) is 12.3 Å². The van der Waals surface area contributed by atoms with Gasteiger partial charge in [0.1, 0.15) is 11.5 Å². The first-order valence-electron chi connectivity index (χ1n) is 8.21. The second kappa shape index (κ2) is 8.20. The van der Waals surface area contributed by atoms with Crippen LogP contribution in [0.3, 0.4) is 0 Å². The third kappa shape index (κ3) is 4.22. The average molecular weight is 352 g/mol. The molecule has 0 bridgehead atoms. The van der Waals surface area contributed by atoms with Gasteiger partial charge in [-0.25, -0.2) is 4.98 Å². The number of amides is 1. The number of carbonyl (C=O) groups is 1. The van der Waals surface area contributed by atoms with Gasteiger partial charge in [-0.2, -0.15) is 0 Å². The van der Waals surface area contributed by atoms with Gasteiger partial charge in [0.05, 0.1) is 26.1 Å².